The van der Waals surface area contributed by atoms with Crippen molar-refractivity contribution < 1.29 is 14.3 Å². The van der Waals surface area contributed by atoms with Gasteiger partial charge in [-0.1, -0.05) is 0 Å². The van der Waals surface area contributed by atoms with Gasteiger partial charge in [-0.15, -0.1) is 0 Å². The molecule has 0 atom stereocenters. The molecule has 5 heteroatoms. The van der Waals surface area contributed by atoms with Gasteiger partial charge >= 0.3 is 0 Å². The fraction of sp³-hybridized carbons (Fsp3) is 0.500. The summed E-state index contributed by atoms with van der Waals surface area (Å²) in [5.41, 5.74) is 0.478. The number of rotatable bonds is 5. The van der Waals surface area contributed by atoms with Crippen LogP contribution >= 0.6 is 15.9 Å². The standard InChI is InChI=1S/C14H17BrFNO2/c15-13-9-10(16)5-6-12(13)14(19)17(7-2-8-18)11-3-1-4-11/h5-6,9,11,18H,1-4,7-8H2. The molecule has 0 spiro atoms. The van der Waals surface area contributed by atoms with Gasteiger partial charge < -0.3 is 10.0 Å². The molecule has 2 rings (SSSR count). The van der Waals surface area contributed by atoms with Gasteiger partial charge in [-0.3, -0.25) is 4.79 Å². The van der Waals surface area contributed by atoms with Gasteiger partial charge in [-0.2, -0.15) is 0 Å². The van der Waals surface area contributed by atoms with Crippen molar-refractivity contribution in [3.63, 3.8) is 0 Å². The average molecular weight is 330 g/mol. The molecule has 1 fully saturated rings. The first kappa shape index (κ1) is 14.5. The summed E-state index contributed by atoms with van der Waals surface area (Å²) in [5, 5.41) is 8.93. The van der Waals surface area contributed by atoms with Crippen molar-refractivity contribution in [2.24, 2.45) is 0 Å². The van der Waals surface area contributed by atoms with Gasteiger partial charge in [0.25, 0.3) is 5.91 Å². The van der Waals surface area contributed by atoms with Gasteiger partial charge in [0, 0.05) is 23.7 Å². The zero-order valence-corrected chi connectivity index (χ0v) is 12.2. The predicted octanol–water partition coefficient (Wildman–Crippen LogP) is 2.97. The minimum absolute atomic E-state index is 0.0705. The molecule has 0 heterocycles. The molecule has 0 saturated heterocycles. The molecule has 1 aliphatic rings. The highest BCUT2D eigenvalue weighted by Crippen LogP contribution is 2.28. The second-order valence-electron chi connectivity index (χ2n) is 4.78. The molecule has 1 N–H and O–H groups in total. The molecule has 104 valence electrons. The molecular formula is C14H17BrFNO2. The highest BCUT2D eigenvalue weighted by atomic mass is 79.9. The summed E-state index contributed by atoms with van der Waals surface area (Å²) >= 11 is 3.24. The monoisotopic (exact) mass is 329 g/mol. The third kappa shape index (κ3) is 3.34. The highest BCUT2D eigenvalue weighted by molar-refractivity contribution is 9.10. The van der Waals surface area contributed by atoms with E-state index in [0.717, 1.165) is 19.3 Å². The van der Waals surface area contributed by atoms with E-state index in [1.54, 1.807) is 4.90 Å². The van der Waals surface area contributed by atoms with Crippen LogP contribution in [0.5, 0.6) is 0 Å². The summed E-state index contributed by atoms with van der Waals surface area (Å²) in [4.78, 5) is 14.3. The number of halogens is 2. The minimum atomic E-state index is -0.367. The summed E-state index contributed by atoms with van der Waals surface area (Å²) < 4.78 is 13.5. The zero-order chi connectivity index (χ0) is 13.8. The highest BCUT2D eigenvalue weighted by Gasteiger charge is 2.29. The molecule has 0 aliphatic heterocycles. The van der Waals surface area contributed by atoms with Crippen LogP contribution in [0.2, 0.25) is 0 Å². The number of amides is 1. The van der Waals surface area contributed by atoms with Crippen molar-refractivity contribution in [1.29, 1.82) is 0 Å². The van der Waals surface area contributed by atoms with Crippen molar-refractivity contribution in [2.45, 2.75) is 31.7 Å². The van der Waals surface area contributed by atoms with E-state index in [2.05, 4.69) is 15.9 Å². The van der Waals surface area contributed by atoms with Crippen LogP contribution in [-0.4, -0.2) is 35.1 Å². The van der Waals surface area contributed by atoms with Crippen LogP contribution in [0.3, 0.4) is 0 Å². The molecule has 1 aromatic carbocycles. The Labute approximate surface area is 120 Å². The molecule has 0 radical (unpaired) electrons. The van der Waals surface area contributed by atoms with E-state index in [1.807, 2.05) is 0 Å². The average Bonchev–Trinajstić information content (AvgIpc) is 2.31. The molecule has 1 aliphatic carbocycles. The zero-order valence-electron chi connectivity index (χ0n) is 10.6. The fourth-order valence-electron chi connectivity index (χ4n) is 2.21. The number of aliphatic hydroxyl groups excluding tert-OH is 1. The molecule has 19 heavy (non-hydrogen) atoms. The smallest absolute Gasteiger partial charge is 0.255 e. The van der Waals surface area contributed by atoms with E-state index in [1.165, 1.54) is 18.2 Å². The Morgan fingerprint density at radius 2 is 2.21 bits per heavy atom. The second-order valence-corrected chi connectivity index (χ2v) is 5.64. The van der Waals surface area contributed by atoms with Gasteiger partial charge in [0.2, 0.25) is 0 Å². The van der Waals surface area contributed by atoms with Crippen molar-refractivity contribution in [3.8, 4) is 0 Å². The van der Waals surface area contributed by atoms with Crippen LogP contribution in [0.1, 0.15) is 36.0 Å². The summed E-state index contributed by atoms with van der Waals surface area (Å²) in [7, 11) is 0. The quantitative estimate of drug-likeness (QED) is 0.902. The first-order valence-corrected chi connectivity index (χ1v) is 7.29. The summed E-state index contributed by atoms with van der Waals surface area (Å²) in [6.07, 6.45) is 3.73. The van der Waals surface area contributed by atoms with Crippen LogP contribution in [-0.2, 0) is 0 Å². The van der Waals surface area contributed by atoms with Gasteiger partial charge in [0.05, 0.1) is 5.56 Å². The summed E-state index contributed by atoms with van der Waals surface area (Å²) in [6, 6.07) is 4.36. The third-order valence-corrected chi connectivity index (χ3v) is 4.15. The molecule has 1 saturated carbocycles. The normalized spacial score (nSPS) is 15.1. The molecule has 0 aromatic heterocycles. The largest absolute Gasteiger partial charge is 0.396 e. The number of benzene rings is 1. The lowest BCUT2D eigenvalue weighted by molar-refractivity contribution is 0.0561. The molecular weight excluding hydrogens is 313 g/mol. The lowest BCUT2D eigenvalue weighted by atomic mass is 9.90. The Kier molecular flexibility index (Phi) is 4.93. The van der Waals surface area contributed by atoms with E-state index in [-0.39, 0.29) is 24.4 Å². The van der Waals surface area contributed by atoms with Crippen molar-refractivity contribution >= 4 is 21.8 Å². The minimum Gasteiger partial charge on any atom is -0.396 e. The van der Waals surface area contributed by atoms with Crippen LogP contribution in [0, 0.1) is 5.82 Å². The number of carbonyl (C=O) groups is 1. The van der Waals surface area contributed by atoms with Crippen LogP contribution in [0.4, 0.5) is 4.39 Å². The number of carbonyl (C=O) groups excluding carboxylic acids is 1. The van der Waals surface area contributed by atoms with Crippen LogP contribution in [0.25, 0.3) is 0 Å². The van der Waals surface area contributed by atoms with Gasteiger partial charge in [0.1, 0.15) is 5.82 Å². The number of nitrogens with zero attached hydrogens (tertiary/aromatic N) is 1. The molecule has 3 nitrogen and oxygen atoms in total. The number of hydrogen-bond acceptors (Lipinski definition) is 2. The Balaban J connectivity index is 2.17. The van der Waals surface area contributed by atoms with Gasteiger partial charge in [0.15, 0.2) is 0 Å². The topological polar surface area (TPSA) is 40.5 Å². The van der Waals surface area contributed by atoms with Crippen molar-refractivity contribution in [3.05, 3.63) is 34.1 Å². The van der Waals surface area contributed by atoms with Crippen molar-refractivity contribution in [1.82, 2.24) is 4.90 Å². The first-order chi connectivity index (χ1) is 9.13. The van der Waals surface area contributed by atoms with Gasteiger partial charge in [-0.25, -0.2) is 4.39 Å². The Morgan fingerprint density at radius 1 is 1.47 bits per heavy atom. The Hall–Kier alpha value is -0.940. The third-order valence-electron chi connectivity index (χ3n) is 3.50. The van der Waals surface area contributed by atoms with Gasteiger partial charge in [-0.05, 0) is 59.8 Å². The van der Waals surface area contributed by atoms with E-state index in [9.17, 15) is 9.18 Å². The predicted molar refractivity (Wildman–Crippen MR) is 74.5 cm³/mol. The van der Waals surface area contributed by atoms with E-state index in [0.29, 0.717) is 23.0 Å². The molecule has 1 amide bonds. The van der Waals surface area contributed by atoms with E-state index in [4.69, 9.17) is 5.11 Å². The van der Waals surface area contributed by atoms with Crippen LogP contribution < -0.4 is 0 Å². The summed E-state index contributed by atoms with van der Waals surface area (Å²) in [6.45, 7) is 0.616. The lowest BCUT2D eigenvalue weighted by Crippen LogP contribution is -2.45. The van der Waals surface area contributed by atoms with Crippen LogP contribution in [0.15, 0.2) is 22.7 Å². The van der Waals surface area contributed by atoms with E-state index >= 15 is 0 Å². The number of aliphatic hydroxyl groups is 1. The summed E-state index contributed by atoms with van der Waals surface area (Å²) in [5.74, 6) is -0.459. The Bertz CT molecular complexity index is 463. The van der Waals surface area contributed by atoms with Crippen molar-refractivity contribution in [2.75, 3.05) is 13.2 Å². The maximum atomic E-state index is 13.1. The first-order valence-electron chi connectivity index (χ1n) is 6.50. The fourth-order valence-corrected chi connectivity index (χ4v) is 2.73. The number of hydrogen-bond donors (Lipinski definition) is 1. The second kappa shape index (κ2) is 6.48. The lowest BCUT2D eigenvalue weighted by Gasteiger charge is -2.37. The molecule has 0 bridgehead atoms. The van der Waals surface area contributed by atoms with E-state index < -0.39 is 0 Å². The Morgan fingerprint density at radius 3 is 2.74 bits per heavy atom. The maximum Gasteiger partial charge on any atom is 0.255 e. The SMILES string of the molecule is O=C(c1ccc(F)cc1Br)N(CCCO)C1CCC1. The molecule has 0 unspecified atom stereocenters. The molecule has 1 aromatic rings. The maximum absolute atomic E-state index is 13.1.